The Morgan fingerprint density at radius 2 is 2.33 bits per heavy atom. The van der Waals surface area contributed by atoms with E-state index in [0.29, 0.717) is 3.58 Å². The normalized spacial score (nSPS) is 8.11. The first-order valence-electron chi connectivity index (χ1n) is 2.31. The van der Waals surface area contributed by atoms with Gasteiger partial charge in [0.05, 0.1) is 3.58 Å². The molecule has 2 nitrogen and oxygen atoms in total. The van der Waals surface area contributed by atoms with Crippen LogP contribution in [-0.2, 0) is 9.53 Å². The van der Waals surface area contributed by atoms with Crippen molar-refractivity contribution in [2.45, 2.75) is 0 Å². The van der Waals surface area contributed by atoms with Gasteiger partial charge in [-0.2, -0.15) is 0 Å². The average Bonchev–Trinajstić information content (AvgIpc) is 1.82. The lowest BCUT2D eigenvalue weighted by Gasteiger charge is -1.96. The Morgan fingerprint density at radius 1 is 1.78 bits per heavy atom. The summed E-state index contributed by atoms with van der Waals surface area (Å²) in [4.78, 5) is 10.5. The monoisotopic (exact) mass is 238 g/mol. The smallest absolute Gasteiger partial charge is 0.344 e. The van der Waals surface area contributed by atoms with Crippen molar-refractivity contribution in [2.75, 3.05) is 6.61 Å². The number of hydrogen-bond acceptors (Lipinski definition) is 2. The Labute approximate surface area is 67.7 Å². The number of hydrogen-bond donors (Lipinski definition) is 0. The molecule has 0 fully saturated rings. The lowest BCUT2D eigenvalue weighted by atomic mass is 10.6. The fourth-order valence-electron chi connectivity index (χ4n) is 0.213. The maximum atomic E-state index is 10.5. The molecule has 0 unspecified atom stereocenters. The number of halogens is 1. The molecule has 0 spiro atoms. The van der Waals surface area contributed by atoms with E-state index in [-0.39, 0.29) is 12.6 Å². The van der Waals surface area contributed by atoms with Crippen molar-refractivity contribution >= 4 is 28.6 Å². The molecular weight excluding hydrogens is 231 g/mol. The highest BCUT2D eigenvalue weighted by atomic mass is 127. The highest BCUT2D eigenvalue weighted by Gasteiger charge is 2.00. The van der Waals surface area contributed by atoms with Crippen LogP contribution in [0.2, 0.25) is 0 Å². The number of ether oxygens (including phenoxy) is 1. The molecule has 0 N–H and O–H groups in total. The van der Waals surface area contributed by atoms with Crippen molar-refractivity contribution in [1.82, 2.24) is 0 Å². The van der Waals surface area contributed by atoms with Crippen molar-refractivity contribution in [1.29, 1.82) is 0 Å². The van der Waals surface area contributed by atoms with Gasteiger partial charge in [0, 0.05) is 0 Å². The predicted molar refractivity (Wildman–Crippen MR) is 44.3 cm³/mol. The molecule has 9 heavy (non-hydrogen) atoms. The van der Waals surface area contributed by atoms with E-state index in [1.54, 1.807) is 22.6 Å². The van der Waals surface area contributed by atoms with E-state index in [1.807, 2.05) is 0 Å². The summed E-state index contributed by atoms with van der Waals surface area (Å²) in [6.45, 7) is 7.02. The molecule has 0 aliphatic rings. The minimum Gasteiger partial charge on any atom is -0.458 e. The first-order chi connectivity index (χ1) is 4.18. The molecule has 3 heteroatoms. The molecule has 0 heterocycles. The first-order valence-corrected chi connectivity index (χ1v) is 3.38. The SMILES string of the molecule is C=CCOC(=O)C(=C)I. The Morgan fingerprint density at radius 3 is 2.67 bits per heavy atom. The van der Waals surface area contributed by atoms with Crippen LogP contribution in [0.25, 0.3) is 0 Å². The Balaban J connectivity index is 3.51. The molecule has 0 radical (unpaired) electrons. The second-order valence-electron chi connectivity index (χ2n) is 1.29. The summed E-state index contributed by atoms with van der Waals surface area (Å²) in [5.41, 5.74) is 0. The van der Waals surface area contributed by atoms with Crippen LogP contribution in [0.15, 0.2) is 22.8 Å². The highest BCUT2D eigenvalue weighted by Crippen LogP contribution is 2.03. The van der Waals surface area contributed by atoms with Gasteiger partial charge in [0.15, 0.2) is 0 Å². The van der Waals surface area contributed by atoms with Crippen LogP contribution < -0.4 is 0 Å². The third-order valence-electron chi connectivity index (χ3n) is 0.554. The fraction of sp³-hybridized carbons (Fsp3) is 0.167. The molecule has 0 aromatic rings. The maximum Gasteiger partial charge on any atom is 0.344 e. The largest absolute Gasteiger partial charge is 0.458 e. The second kappa shape index (κ2) is 4.55. The van der Waals surface area contributed by atoms with E-state index >= 15 is 0 Å². The zero-order valence-corrected chi connectivity index (χ0v) is 7.05. The number of carbonyl (C=O) groups is 1. The van der Waals surface area contributed by atoms with Gasteiger partial charge in [-0.3, -0.25) is 0 Å². The molecule has 0 amide bonds. The Kier molecular flexibility index (Phi) is 4.39. The van der Waals surface area contributed by atoms with Crippen LogP contribution in [0.3, 0.4) is 0 Å². The lowest BCUT2D eigenvalue weighted by molar-refractivity contribution is -0.136. The summed E-state index contributed by atoms with van der Waals surface area (Å²) in [6, 6.07) is 0. The molecule has 0 aliphatic carbocycles. The van der Waals surface area contributed by atoms with E-state index in [9.17, 15) is 4.79 Å². The van der Waals surface area contributed by atoms with Crippen molar-refractivity contribution in [2.24, 2.45) is 0 Å². The summed E-state index contributed by atoms with van der Waals surface area (Å²) in [6.07, 6.45) is 1.51. The van der Waals surface area contributed by atoms with E-state index < -0.39 is 0 Å². The Hall–Kier alpha value is -0.320. The summed E-state index contributed by atoms with van der Waals surface area (Å²) in [7, 11) is 0. The quantitative estimate of drug-likeness (QED) is 0.323. The number of carbonyl (C=O) groups excluding carboxylic acids is 1. The average molecular weight is 238 g/mol. The fourth-order valence-corrected chi connectivity index (χ4v) is 0.369. The van der Waals surface area contributed by atoms with Gasteiger partial charge >= 0.3 is 5.97 Å². The van der Waals surface area contributed by atoms with Crippen LogP contribution in [0.5, 0.6) is 0 Å². The van der Waals surface area contributed by atoms with Crippen molar-refractivity contribution in [3.63, 3.8) is 0 Å². The van der Waals surface area contributed by atoms with E-state index in [0.717, 1.165) is 0 Å². The van der Waals surface area contributed by atoms with E-state index in [2.05, 4.69) is 17.9 Å². The highest BCUT2D eigenvalue weighted by molar-refractivity contribution is 14.1. The summed E-state index contributed by atoms with van der Waals surface area (Å²) >= 11 is 1.80. The molecule has 0 aromatic heterocycles. The van der Waals surface area contributed by atoms with E-state index in [4.69, 9.17) is 0 Å². The molecule has 0 bridgehead atoms. The van der Waals surface area contributed by atoms with Gasteiger partial charge in [-0.1, -0.05) is 19.2 Å². The van der Waals surface area contributed by atoms with Crippen molar-refractivity contribution < 1.29 is 9.53 Å². The number of esters is 1. The Bertz CT molecular complexity index is 140. The van der Waals surface area contributed by atoms with Gasteiger partial charge < -0.3 is 4.74 Å². The molecule has 0 atom stereocenters. The third-order valence-corrected chi connectivity index (χ3v) is 0.994. The zero-order chi connectivity index (χ0) is 7.28. The topological polar surface area (TPSA) is 26.3 Å². The third kappa shape index (κ3) is 4.20. The van der Waals surface area contributed by atoms with Crippen LogP contribution in [0.4, 0.5) is 0 Å². The molecule has 50 valence electrons. The van der Waals surface area contributed by atoms with Gasteiger partial charge in [-0.15, -0.1) is 0 Å². The lowest BCUT2D eigenvalue weighted by Crippen LogP contribution is -2.02. The zero-order valence-electron chi connectivity index (χ0n) is 4.89. The summed E-state index contributed by atoms with van der Waals surface area (Å²) < 4.78 is 4.97. The van der Waals surface area contributed by atoms with Crippen LogP contribution >= 0.6 is 22.6 Å². The minimum absolute atomic E-state index is 0.251. The summed E-state index contributed by atoms with van der Waals surface area (Å²) in [5.74, 6) is -0.379. The first kappa shape index (κ1) is 8.68. The van der Waals surface area contributed by atoms with Crippen LogP contribution in [0.1, 0.15) is 0 Å². The molecular formula is C6H7IO2. The van der Waals surface area contributed by atoms with E-state index in [1.165, 1.54) is 6.08 Å². The van der Waals surface area contributed by atoms with Gasteiger partial charge in [0.2, 0.25) is 0 Å². The summed E-state index contributed by atoms with van der Waals surface area (Å²) in [5, 5.41) is 0. The van der Waals surface area contributed by atoms with Crippen molar-refractivity contribution in [3.05, 3.63) is 22.8 Å². The van der Waals surface area contributed by atoms with Gasteiger partial charge in [-0.05, 0) is 22.6 Å². The maximum absolute atomic E-state index is 10.5. The minimum atomic E-state index is -0.379. The molecule has 0 saturated heterocycles. The standard InChI is InChI=1S/C6H7IO2/c1-3-4-9-6(8)5(2)7/h3H,1-2,4H2. The molecule has 0 aromatic carbocycles. The second-order valence-corrected chi connectivity index (χ2v) is 2.59. The van der Waals surface area contributed by atoms with Gasteiger partial charge in [-0.25, -0.2) is 4.79 Å². The predicted octanol–water partition coefficient (Wildman–Crippen LogP) is 1.66. The van der Waals surface area contributed by atoms with Gasteiger partial charge in [0.1, 0.15) is 6.61 Å². The van der Waals surface area contributed by atoms with Gasteiger partial charge in [0.25, 0.3) is 0 Å². The molecule has 0 aliphatic heterocycles. The van der Waals surface area contributed by atoms with Crippen LogP contribution in [0, 0.1) is 0 Å². The van der Waals surface area contributed by atoms with Crippen molar-refractivity contribution in [3.8, 4) is 0 Å². The van der Waals surface area contributed by atoms with Crippen LogP contribution in [-0.4, -0.2) is 12.6 Å². The number of rotatable bonds is 3. The molecule has 0 rings (SSSR count). The molecule has 0 saturated carbocycles.